The lowest BCUT2D eigenvalue weighted by molar-refractivity contribution is -0.136. The van der Waals surface area contributed by atoms with Gasteiger partial charge in [-0.2, -0.15) is 0 Å². The van der Waals surface area contributed by atoms with Crippen molar-refractivity contribution < 1.29 is 14.3 Å². The zero-order chi connectivity index (χ0) is 23.5. The molecular formula is C26H30ClN3O3. The largest absolute Gasteiger partial charge is 0.379 e. The summed E-state index contributed by atoms with van der Waals surface area (Å²) in [6.07, 6.45) is 0.723. The molecule has 0 bridgehead atoms. The van der Waals surface area contributed by atoms with E-state index in [-0.39, 0.29) is 11.8 Å². The van der Waals surface area contributed by atoms with Crippen LogP contribution < -0.4 is 5.32 Å². The summed E-state index contributed by atoms with van der Waals surface area (Å²) in [5.41, 5.74) is 5.23. The predicted octanol–water partition coefficient (Wildman–Crippen LogP) is 4.18. The number of ether oxygens (including phenoxy) is 1. The van der Waals surface area contributed by atoms with Crippen LogP contribution in [0.25, 0.3) is 5.57 Å². The Morgan fingerprint density at radius 1 is 0.939 bits per heavy atom. The summed E-state index contributed by atoms with van der Waals surface area (Å²) in [6, 6.07) is 11.4. The second-order valence-electron chi connectivity index (χ2n) is 8.72. The van der Waals surface area contributed by atoms with Crippen LogP contribution in [0.15, 0.2) is 42.1 Å². The normalized spacial score (nSPS) is 17.3. The summed E-state index contributed by atoms with van der Waals surface area (Å²) in [7, 11) is 0. The fourth-order valence-corrected chi connectivity index (χ4v) is 4.55. The first-order valence-electron chi connectivity index (χ1n) is 11.4. The number of morpholine rings is 1. The zero-order valence-electron chi connectivity index (χ0n) is 19.4. The molecule has 0 aromatic heterocycles. The van der Waals surface area contributed by atoms with Crippen molar-refractivity contribution in [2.45, 2.75) is 27.2 Å². The molecule has 2 aromatic rings. The zero-order valence-corrected chi connectivity index (χ0v) is 20.2. The lowest BCUT2D eigenvalue weighted by Gasteiger charge is -2.27. The number of imide groups is 1. The highest BCUT2D eigenvalue weighted by atomic mass is 35.5. The van der Waals surface area contributed by atoms with Gasteiger partial charge in [0.05, 0.1) is 18.8 Å². The number of hydrogen-bond acceptors (Lipinski definition) is 5. The third-order valence-electron chi connectivity index (χ3n) is 6.24. The quantitative estimate of drug-likeness (QED) is 0.619. The highest BCUT2D eigenvalue weighted by Gasteiger charge is 2.39. The molecule has 0 aliphatic carbocycles. The lowest BCUT2D eigenvalue weighted by atomic mass is 9.97. The Morgan fingerprint density at radius 3 is 2.42 bits per heavy atom. The number of hydrogen-bond donors (Lipinski definition) is 1. The number of rotatable bonds is 7. The van der Waals surface area contributed by atoms with Crippen LogP contribution in [-0.2, 0) is 14.3 Å². The molecule has 4 rings (SSSR count). The second kappa shape index (κ2) is 10.1. The van der Waals surface area contributed by atoms with Gasteiger partial charge in [-0.05, 0) is 56.0 Å². The van der Waals surface area contributed by atoms with Crippen molar-refractivity contribution >= 4 is 34.7 Å². The van der Waals surface area contributed by atoms with Crippen LogP contribution in [0.3, 0.4) is 0 Å². The van der Waals surface area contributed by atoms with E-state index in [4.69, 9.17) is 16.3 Å². The molecular weight excluding hydrogens is 438 g/mol. The maximum atomic E-state index is 13.5. The van der Waals surface area contributed by atoms with Gasteiger partial charge < -0.3 is 10.1 Å². The summed E-state index contributed by atoms with van der Waals surface area (Å²) in [6.45, 7) is 10.4. The number of nitrogens with zero attached hydrogens (tertiary/aromatic N) is 2. The molecule has 33 heavy (non-hydrogen) atoms. The van der Waals surface area contributed by atoms with Gasteiger partial charge in [0.1, 0.15) is 5.70 Å². The lowest BCUT2D eigenvalue weighted by Crippen LogP contribution is -2.39. The van der Waals surface area contributed by atoms with Gasteiger partial charge in [0.2, 0.25) is 0 Å². The maximum Gasteiger partial charge on any atom is 0.278 e. The summed E-state index contributed by atoms with van der Waals surface area (Å²) in [5, 5.41) is 3.81. The number of halogens is 1. The summed E-state index contributed by atoms with van der Waals surface area (Å²) >= 11 is 6.20. The number of carbonyl (C=O) groups is 2. The molecule has 0 radical (unpaired) electrons. The highest BCUT2D eigenvalue weighted by Crippen LogP contribution is 2.33. The standard InChI is InChI=1S/C26H30ClN3O3/c1-17-5-8-21(19(3)15-17)23-24(28-22-16-20(27)7-6-18(22)2)26(32)30(25(23)31)10-4-9-29-11-13-33-14-12-29/h5-8,15-16,28H,4,9-14H2,1-3H3. The predicted molar refractivity (Wildman–Crippen MR) is 131 cm³/mol. The maximum absolute atomic E-state index is 13.5. The molecule has 0 saturated carbocycles. The van der Waals surface area contributed by atoms with Gasteiger partial charge in [0.15, 0.2) is 0 Å². The minimum atomic E-state index is -0.295. The summed E-state index contributed by atoms with van der Waals surface area (Å²) in [4.78, 5) is 30.7. The molecule has 1 saturated heterocycles. The van der Waals surface area contributed by atoms with Gasteiger partial charge >= 0.3 is 0 Å². The first kappa shape index (κ1) is 23.5. The molecule has 2 amide bonds. The van der Waals surface area contributed by atoms with Crippen LogP contribution >= 0.6 is 11.6 Å². The molecule has 0 unspecified atom stereocenters. The Morgan fingerprint density at radius 2 is 1.70 bits per heavy atom. The van der Waals surface area contributed by atoms with Crippen molar-refractivity contribution in [1.29, 1.82) is 0 Å². The fourth-order valence-electron chi connectivity index (χ4n) is 4.38. The molecule has 0 spiro atoms. The van der Waals surface area contributed by atoms with Crippen molar-refractivity contribution in [2.75, 3.05) is 44.7 Å². The van der Waals surface area contributed by atoms with Crippen LogP contribution in [0, 0.1) is 20.8 Å². The summed E-state index contributed by atoms with van der Waals surface area (Å²) < 4.78 is 5.40. The Labute approximate surface area is 200 Å². The van der Waals surface area contributed by atoms with Gasteiger partial charge in [0, 0.05) is 36.9 Å². The van der Waals surface area contributed by atoms with Crippen LogP contribution in [0.5, 0.6) is 0 Å². The number of aryl methyl sites for hydroxylation is 3. The van der Waals surface area contributed by atoms with E-state index in [1.807, 2.05) is 45.0 Å². The second-order valence-corrected chi connectivity index (χ2v) is 9.16. The molecule has 1 fully saturated rings. The molecule has 1 N–H and O–H groups in total. The molecule has 2 heterocycles. The van der Waals surface area contributed by atoms with E-state index >= 15 is 0 Å². The van der Waals surface area contributed by atoms with E-state index < -0.39 is 0 Å². The van der Waals surface area contributed by atoms with E-state index in [0.717, 1.165) is 67.2 Å². The van der Waals surface area contributed by atoms with Crippen LogP contribution in [0.2, 0.25) is 5.02 Å². The third-order valence-corrected chi connectivity index (χ3v) is 6.47. The van der Waals surface area contributed by atoms with Gasteiger partial charge in [-0.1, -0.05) is 41.4 Å². The Hall–Kier alpha value is -2.67. The fraction of sp³-hybridized carbons (Fsp3) is 0.385. The topological polar surface area (TPSA) is 61.9 Å². The minimum absolute atomic E-state index is 0.254. The van der Waals surface area contributed by atoms with E-state index in [0.29, 0.717) is 22.8 Å². The monoisotopic (exact) mass is 467 g/mol. The van der Waals surface area contributed by atoms with Crippen molar-refractivity contribution in [3.05, 3.63) is 69.4 Å². The van der Waals surface area contributed by atoms with Crippen molar-refractivity contribution in [3.8, 4) is 0 Å². The Balaban J connectivity index is 1.63. The number of nitrogens with one attached hydrogen (secondary N) is 1. The number of carbonyl (C=O) groups excluding carboxylic acids is 2. The Kier molecular flexibility index (Phi) is 7.17. The van der Waals surface area contributed by atoms with Crippen LogP contribution in [0.4, 0.5) is 5.69 Å². The first-order chi connectivity index (χ1) is 15.8. The van der Waals surface area contributed by atoms with Gasteiger partial charge in [-0.25, -0.2) is 0 Å². The van der Waals surface area contributed by atoms with Crippen molar-refractivity contribution in [2.24, 2.45) is 0 Å². The average molecular weight is 468 g/mol. The molecule has 0 atom stereocenters. The van der Waals surface area contributed by atoms with Crippen molar-refractivity contribution in [1.82, 2.24) is 9.80 Å². The molecule has 2 aliphatic rings. The SMILES string of the molecule is Cc1ccc(C2=C(Nc3cc(Cl)ccc3C)C(=O)N(CCCN3CCOCC3)C2=O)c(C)c1. The summed E-state index contributed by atoms with van der Waals surface area (Å²) in [5.74, 6) is -0.549. The average Bonchev–Trinajstić information content (AvgIpc) is 3.01. The van der Waals surface area contributed by atoms with Crippen LogP contribution in [0.1, 0.15) is 28.7 Å². The minimum Gasteiger partial charge on any atom is -0.379 e. The van der Waals surface area contributed by atoms with Crippen LogP contribution in [-0.4, -0.2) is 61.0 Å². The molecule has 7 heteroatoms. The van der Waals surface area contributed by atoms with Gasteiger partial charge in [0.25, 0.3) is 11.8 Å². The molecule has 2 aromatic carbocycles. The number of benzene rings is 2. The molecule has 174 valence electrons. The highest BCUT2D eigenvalue weighted by molar-refractivity contribution is 6.37. The van der Waals surface area contributed by atoms with Gasteiger partial charge in [-0.15, -0.1) is 0 Å². The van der Waals surface area contributed by atoms with E-state index in [1.165, 1.54) is 4.90 Å². The number of amides is 2. The smallest absolute Gasteiger partial charge is 0.278 e. The van der Waals surface area contributed by atoms with Gasteiger partial charge in [-0.3, -0.25) is 19.4 Å². The molecule has 2 aliphatic heterocycles. The van der Waals surface area contributed by atoms with E-state index in [9.17, 15) is 9.59 Å². The molecule has 6 nitrogen and oxygen atoms in total. The number of anilines is 1. The van der Waals surface area contributed by atoms with Crippen molar-refractivity contribution in [3.63, 3.8) is 0 Å². The van der Waals surface area contributed by atoms with E-state index in [1.54, 1.807) is 12.1 Å². The Bertz CT molecular complexity index is 1110. The van der Waals surface area contributed by atoms with E-state index in [2.05, 4.69) is 10.2 Å². The third kappa shape index (κ3) is 5.13. The first-order valence-corrected chi connectivity index (χ1v) is 11.7.